The average Bonchev–Trinajstić information content (AvgIpc) is 2.58. The van der Waals surface area contributed by atoms with Gasteiger partial charge in [-0.05, 0) is 26.7 Å². The number of hydrogen-bond donors (Lipinski definition) is 2. The van der Waals surface area contributed by atoms with Crippen molar-refractivity contribution in [1.82, 2.24) is 10.6 Å². The van der Waals surface area contributed by atoms with Crippen LogP contribution < -0.4 is 10.6 Å². The minimum atomic E-state index is -0.733. The maximum Gasteiger partial charge on any atom is 0.331 e. The first-order chi connectivity index (χ1) is 13.2. The molecule has 0 radical (unpaired) electrons. The Bertz CT molecular complexity index is 561. The summed E-state index contributed by atoms with van der Waals surface area (Å²) < 4.78 is 9.66. The molecule has 0 unspecified atom stereocenters. The number of amides is 2. The van der Waals surface area contributed by atoms with Gasteiger partial charge < -0.3 is 20.1 Å². The maximum absolute atomic E-state index is 11.4. The van der Waals surface area contributed by atoms with E-state index in [0.717, 1.165) is 12.2 Å². The molecule has 0 fully saturated rings. The van der Waals surface area contributed by atoms with Crippen LogP contribution in [-0.4, -0.2) is 61.6 Å². The highest BCUT2D eigenvalue weighted by molar-refractivity contribution is 5.97. The first kappa shape index (κ1) is 25.0. The zero-order valence-electron chi connectivity index (χ0n) is 16.1. The van der Waals surface area contributed by atoms with Gasteiger partial charge in [0.15, 0.2) is 0 Å². The van der Waals surface area contributed by atoms with E-state index in [-0.39, 0.29) is 62.5 Å². The van der Waals surface area contributed by atoms with Crippen molar-refractivity contribution < 1.29 is 38.2 Å². The number of nitrogens with one attached hydrogen (secondary N) is 2. The number of Topliss-reactive ketones (excluding diaryl/α,β-unsaturated/α-hetero) is 2. The first-order valence-corrected chi connectivity index (χ1v) is 8.74. The Kier molecular flexibility index (Phi) is 13.4. The van der Waals surface area contributed by atoms with Crippen LogP contribution in [0.1, 0.15) is 39.5 Å². The zero-order chi connectivity index (χ0) is 21.4. The van der Waals surface area contributed by atoms with Crippen LogP contribution in [-0.2, 0) is 38.2 Å². The molecule has 0 saturated carbocycles. The van der Waals surface area contributed by atoms with Gasteiger partial charge in [0.05, 0.1) is 26.1 Å². The molecule has 0 rings (SSSR count). The molecule has 0 bridgehead atoms. The van der Waals surface area contributed by atoms with Gasteiger partial charge in [0.2, 0.25) is 11.8 Å². The van der Waals surface area contributed by atoms with Gasteiger partial charge in [-0.15, -0.1) is 0 Å². The number of ether oxygens (including phenoxy) is 2. The van der Waals surface area contributed by atoms with Gasteiger partial charge in [0, 0.05) is 25.2 Å². The number of rotatable bonds is 14. The monoisotopic (exact) mass is 398 g/mol. The van der Waals surface area contributed by atoms with Crippen molar-refractivity contribution in [1.29, 1.82) is 0 Å². The van der Waals surface area contributed by atoms with Gasteiger partial charge in [0.1, 0.15) is 11.6 Å². The van der Waals surface area contributed by atoms with Gasteiger partial charge in [-0.25, -0.2) is 9.59 Å². The fourth-order valence-electron chi connectivity index (χ4n) is 1.75. The van der Waals surface area contributed by atoms with Crippen LogP contribution in [0.3, 0.4) is 0 Å². The lowest BCUT2D eigenvalue weighted by atomic mass is 10.3. The highest BCUT2D eigenvalue weighted by atomic mass is 16.5. The fourth-order valence-corrected chi connectivity index (χ4v) is 1.75. The molecule has 0 spiro atoms. The molecule has 0 saturated heterocycles. The molecular formula is C18H26N2O8. The lowest BCUT2D eigenvalue weighted by molar-refractivity contribution is -0.140. The average molecular weight is 398 g/mol. The molecule has 10 heteroatoms. The molecule has 10 nitrogen and oxygen atoms in total. The predicted octanol–water partition coefficient (Wildman–Crippen LogP) is -0.400. The number of carbonyl (C=O) groups is 6. The Balaban J connectivity index is 3.72. The van der Waals surface area contributed by atoms with Crippen molar-refractivity contribution in [2.75, 3.05) is 26.3 Å². The quantitative estimate of drug-likeness (QED) is 0.174. The predicted molar refractivity (Wildman–Crippen MR) is 96.9 cm³/mol. The lowest BCUT2D eigenvalue weighted by Crippen LogP contribution is -2.27. The molecule has 0 aliphatic rings. The molecule has 0 aliphatic heterocycles. The number of hydrogen-bond acceptors (Lipinski definition) is 8. The molecule has 2 N–H and O–H groups in total. The van der Waals surface area contributed by atoms with Gasteiger partial charge in [0.25, 0.3) is 0 Å². The minimum absolute atomic E-state index is 0.0402. The van der Waals surface area contributed by atoms with Crippen molar-refractivity contribution in [3.63, 3.8) is 0 Å². The largest absolute Gasteiger partial charge is 0.462 e. The summed E-state index contributed by atoms with van der Waals surface area (Å²) in [5.74, 6) is -2.72. The number of esters is 2. The molecule has 156 valence electrons. The van der Waals surface area contributed by atoms with Crippen molar-refractivity contribution in [2.24, 2.45) is 0 Å². The van der Waals surface area contributed by atoms with E-state index < -0.39 is 11.9 Å². The molecule has 2 amide bonds. The zero-order valence-corrected chi connectivity index (χ0v) is 16.1. The smallest absolute Gasteiger partial charge is 0.331 e. The molecule has 0 atom stereocenters. The fraction of sp³-hybridized carbons (Fsp3) is 0.556. The molecule has 0 aromatic carbocycles. The van der Waals surface area contributed by atoms with Gasteiger partial charge in [-0.1, -0.05) is 0 Å². The topological polar surface area (TPSA) is 145 Å². The van der Waals surface area contributed by atoms with Crippen LogP contribution in [0.2, 0.25) is 0 Å². The first-order valence-electron chi connectivity index (χ1n) is 8.74. The second-order valence-corrected chi connectivity index (χ2v) is 5.83. The second kappa shape index (κ2) is 15.1. The molecular weight excluding hydrogens is 372 g/mol. The van der Waals surface area contributed by atoms with E-state index in [1.807, 2.05) is 0 Å². The van der Waals surface area contributed by atoms with Crippen LogP contribution in [0.4, 0.5) is 0 Å². The van der Waals surface area contributed by atoms with Crippen molar-refractivity contribution >= 4 is 35.3 Å². The summed E-state index contributed by atoms with van der Waals surface area (Å²) in [6, 6.07) is 0. The van der Waals surface area contributed by atoms with Crippen molar-refractivity contribution in [3.05, 3.63) is 12.2 Å². The summed E-state index contributed by atoms with van der Waals surface area (Å²) in [4.78, 5) is 66.6. The van der Waals surface area contributed by atoms with Crippen LogP contribution in [0.5, 0.6) is 0 Å². The summed E-state index contributed by atoms with van der Waals surface area (Å²) in [7, 11) is 0. The highest BCUT2D eigenvalue weighted by Crippen LogP contribution is 1.90. The van der Waals surface area contributed by atoms with Gasteiger partial charge in [-0.2, -0.15) is 0 Å². The van der Waals surface area contributed by atoms with Crippen molar-refractivity contribution in [2.45, 2.75) is 39.5 Å². The van der Waals surface area contributed by atoms with E-state index in [9.17, 15) is 28.8 Å². The van der Waals surface area contributed by atoms with E-state index in [4.69, 9.17) is 9.47 Å². The Hall–Kier alpha value is -3.04. The van der Waals surface area contributed by atoms with E-state index in [1.165, 1.54) is 13.8 Å². The van der Waals surface area contributed by atoms with Crippen LogP contribution in [0.15, 0.2) is 12.2 Å². The standard InChI is InChI=1S/C18H26N2O8/c1-13(21)11-15(23)19-7-3-9-27-17(25)5-6-18(26)28-10-4-8-20-16(24)12-14(2)22/h5-6H,3-4,7-12H2,1-2H3,(H,19,23)(H,20,24)/b6-5+. The molecule has 0 aromatic heterocycles. The van der Waals surface area contributed by atoms with Gasteiger partial charge >= 0.3 is 11.9 Å². The van der Waals surface area contributed by atoms with Crippen molar-refractivity contribution in [3.8, 4) is 0 Å². The summed E-state index contributed by atoms with van der Waals surface area (Å²) in [6.07, 6.45) is 2.20. The van der Waals surface area contributed by atoms with Crippen LogP contribution in [0, 0.1) is 0 Å². The maximum atomic E-state index is 11.4. The Morgan fingerprint density at radius 2 is 1.04 bits per heavy atom. The highest BCUT2D eigenvalue weighted by Gasteiger charge is 2.06. The van der Waals surface area contributed by atoms with E-state index in [2.05, 4.69) is 10.6 Å². The third-order valence-corrected chi connectivity index (χ3v) is 2.95. The van der Waals surface area contributed by atoms with E-state index in [1.54, 1.807) is 0 Å². The molecule has 28 heavy (non-hydrogen) atoms. The summed E-state index contributed by atoms with van der Waals surface area (Å²) in [6.45, 7) is 3.22. The third-order valence-electron chi connectivity index (χ3n) is 2.95. The summed E-state index contributed by atoms with van der Waals surface area (Å²) >= 11 is 0. The third kappa shape index (κ3) is 16.4. The lowest BCUT2D eigenvalue weighted by Gasteiger charge is -2.05. The summed E-state index contributed by atoms with van der Waals surface area (Å²) in [5.41, 5.74) is 0. The molecule has 0 heterocycles. The van der Waals surface area contributed by atoms with E-state index in [0.29, 0.717) is 12.8 Å². The number of ketones is 2. The Labute approximate surface area is 163 Å². The Morgan fingerprint density at radius 1 is 0.679 bits per heavy atom. The SMILES string of the molecule is CC(=O)CC(=O)NCCCOC(=O)/C=C/C(=O)OCCCNC(=O)CC(C)=O. The normalized spacial score (nSPS) is 10.2. The van der Waals surface area contributed by atoms with E-state index >= 15 is 0 Å². The Morgan fingerprint density at radius 3 is 1.36 bits per heavy atom. The molecule has 0 aliphatic carbocycles. The second-order valence-electron chi connectivity index (χ2n) is 5.83. The number of carbonyl (C=O) groups excluding carboxylic acids is 6. The molecule has 0 aromatic rings. The minimum Gasteiger partial charge on any atom is -0.462 e. The van der Waals surface area contributed by atoms with Gasteiger partial charge in [-0.3, -0.25) is 19.2 Å². The summed E-state index contributed by atoms with van der Waals surface area (Å²) in [5, 5.41) is 5.00. The van der Waals surface area contributed by atoms with Crippen LogP contribution >= 0.6 is 0 Å². The van der Waals surface area contributed by atoms with Crippen LogP contribution in [0.25, 0.3) is 0 Å².